The zero-order valence-corrected chi connectivity index (χ0v) is 10.4. The van der Waals surface area contributed by atoms with Crippen molar-refractivity contribution in [3.8, 4) is 27.6 Å². The second kappa shape index (κ2) is 4.63. The normalized spacial score (nSPS) is 10.4. The van der Waals surface area contributed by atoms with Gasteiger partial charge in [-0.1, -0.05) is 30.3 Å². The maximum Gasteiger partial charge on any atom is 0.124 e. The van der Waals surface area contributed by atoms with Crippen molar-refractivity contribution >= 4 is 11.3 Å². The first kappa shape index (κ1) is 11.0. The van der Waals surface area contributed by atoms with Crippen molar-refractivity contribution < 1.29 is 5.11 Å². The van der Waals surface area contributed by atoms with E-state index in [1.165, 1.54) is 0 Å². The smallest absolute Gasteiger partial charge is 0.124 e. The van der Waals surface area contributed by atoms with E-state index in [-0.39, 0.29) is 5.75 Å². The third kappa shape index (κ3) is 2.13. The molecule has 0 saturated heterocycles. The van der Waals surface area contributed by atoms with Crippen LogP contribution in [0.15, 0.2) is 60.0 Å². The number of thiazole rings is 1. The van der Waals surface area contributed by atoms with Gasteiger partial charge >= 0.3 is 0 Å². The van der Waals surface area contributed by atoms with Crippen LogP contribution in [0.4, 0.5) is 0 Å². The van der Waals surface area contributed by atoms with Gasteiger partial charge in [0, 0.05) is 16.5 Å². The van der Waals surface area contributed by atoms with Crippen molar-refractivity contribution in [3.05, 3.63) is 60.0 Å². The molecule has 18 heavy (non-hydrogen) atoms. The molecule has 0 bridgehead atoms. The maximum absolute atomic E-state index is 9.27. The van der Waals surface area contributed by atoms with Crippen molar-refractivity contribution in [2.75, 3.05) is 0 Å². The number of phenolic OH excluding ortho intramolecular Hbond substituents is 1. The predicted molar refractivity (Wildman–Crippen MR) is 74.7 cm³/mol. The molecule has 0 aliphatic heterocycles. The first-order valence-electron chi connectivity index (χ1n) is 5.63. The number of hydrogen-bond acceptors (Lipinski definition) is 3. The molecule has 2 aromatic carbocycles. The number of nitrogens with zero attached hydrogens (tertiary/aromatic N) is 1. The van der Waals surface area contributed by atoms with E-state index in [2.05, 4.69) is 17.1 Å². The Labute approximate surface area is 109 Å². The predicted octanol–water partition coefficient (Wildman–Crippen LogP) is 4.18. The average molecular weight is 253 g/mol. The van der Waals surface area contributed by atoms with E-state index in [1.54, 1.807) is 23.5 Å². The maximum atomic E-state index is 9.27. The Kier molecular flexibility index (Phi) is 2.82. The summed E-state index contributed by atoms with van der Waals surface area (Å²) >= 11 is 1.63. The first-order valence-corrected chi connectivity index (χ1v) is 6.51. The SMILES string of the molecule is Oc1ccc(-c2csc(-c3ccccc3)n2)cc1. The fourth-order valence-electron chi connectivity index (χ4n) is 1.75. The summed E-state index contributed by atoms with van der Waals surface area (Å²) in [4.78, 5) is 4.62. The second-order valence-electron chi connectivity index (χ2n) is 3.95. The summed E-state index contributed by atoms with van der Waals surface area (Å²) in [6.45, 7) is 0. The minimum atomic E-state index is 0.275. The van der Waals surface area contributed by atoms with Gasteiger partial charge in [-0.15, -0.1) is 11.3 Å². The molecule has 3 rings (SSSR count). The van der Waals surface area contributed by atoms with Crippen molar-refractivity contribution in [1.29, 1.82) is 0 Å². The third-order valence-electron chi connectivity index (χ3n) is 2.69. The van der Waals surface area contributed by atoms with Crippen LogP contribution < -0.4 is 0 Å². The van der Waals surface area contributed by atoms with Crippen LogP contribution in [0.5, 0.6) is 5.75 Å². The molecule has 0 aliphatic rings. The molecular weight excluding hydrogens is 242 g/mol. The van der Waals surface area contributed by atoms with Crippen LogP contribution in [0.2, 0.25) is 0 Å². The molecule has 0 spiro atoms. The zero-order valence-electron chi connectivity index (χ0n) is 9.58. The summed E-state index contributed by atoms with van der Waals surface area (Å²) in [6.07, 6.45) is 0. The molecular formula is C15H11NOS. The van der Waals surface area contributed by atoms with Gasteiger partial charge in [0.2, 0.25) is 0 Å². The van der Waals surface area contributed by atoms with E-state index in [9.17, 15) is 5.11 Å². The van der Waals surface area contributed by atoms with Crippen LogP contribution in [0.25, 0.3) is 21.8 Å². The number of rotatable bonds is 2. The number of benzene rings is 2. The Morgan fingerprint density at radius 3 is 2.28 bits per heavy atom. The van der Waals surface area contributed by atoms with Crippen LogP contribution >= 0.6 is 11.3 Å². The number of phenols is 1. The minimum Gasteiger partial charge on any atom is -0.508 e. The highest BCUT2D eigenvalue weighted by Crippen LogP contribution is 2.29. The Morgan fingerprint density at radius 1 is 0.833 bits per heavy atom. The monoisotopic (exact) mass is 253 g/mol. The quantitative estimate of drug-likeness (QED) is 0.743. The summed E-state index contributed by atoms with van der Waals surface area (Å²) in [6, 6.07) is 17.2. The van der Waals surface area contributed by atoms with Gasteiger partial charge in [0.1, 0.15) is 10.8 Å². The number of aromatic nitrogens is 1. The summed E-state index contributed by atoms with van der Waals surface area (Å²) in [5.74, 6) is 0.275. The van der Waals surface area contributed by atoms with Crippen molar-refractivity contribution in [1.82, 2.24) is 4.98 Å². The summed E-state index contributed by atoms with van der Waals surface area (Å²) in [5, 5.41) is 12.3. The number of hydrogen-bond donors (Lipinski definition) is 1. The van der Waals surface area contributed by atoms with Crippen LogP contribution in [0.3, 0.4) is 0 Å². The van der Waals surface area contributed by atoms with E-state index < -0.39 is 0 Å². The first-order chi connectivity index (χ1) is 8.83. The molecule has 0 radical (unpaired) electrons. The molecule has 0 atom stereocenters. The molecule has 1 heterocycles. The summed E-state index contributed by atoms with van der Waals surface area (Å²) in [7, 11) is 0. The largest absolute Gasteiger partial charge is 0.508 e. The van der Waals surface area contributed by atoms with Gasteiger partial charge in [-0.25, -0.2) is 4.98 Å². The Balaban J connectivity index is 1.97. The Hall–Kier alpha value is -2.13. The topological polar surface area (TPSA) is 33.1 Å². The molecule has 0 saturated carbocycles. The molecule has 3 aromatic rings. The molecule has 0 aliphatic carbocycles. The molecule has 0 fully saturated rings. The van der Waals surface area contributed by atoms with Gasteiger partial charge < -0.3 is 5.11 Å². The molecule has 2 nitrogen and oxygen atoms in total. The van der Waals surface area contributed by atoms with Crippen molar-refractivity contribution in [2.45, 2.75) is 0 Å². The van der Waals surface area contributed by atoms with E-state index in [1.807, 2.05) is 35.7 Å². The standard InChI is InChI=1S/C15H11NOS/c17-13-8-6-11(7-9-13)14-10-18-15(16-14)12-4-2-1-3-5-12/h1-10,17H. The summed E-state index contributed by atoms with van der Waals surface area (Å²) in [5.41, 5.74) is 3.10. The highest BCUT2D eigenvalue weighted by molar-refractivity contribution is 7.13. The van der Waals surface area contributed by atoms with Crippen LogP contribution in [-0.2, 0) is 0 Å². The Bertz CT molecular complexity index is 644. The van der Waals surface area contributed by atoms with Crippen LogP contribution in [0, 0.1) is 0 Å². The van der Waals surface area contributed by atoms with E-state index in [0.717, 1.165) is 21.8 Å². The Morgan fingerprint density at radius 2 is 1.56 bits per heavy atom. The van der Waals surface area contributed by atoms with E-state index in [4.69, 9.17) is 0 Å². The zero-order chi connectivity index (χ0) is 12.4. The highest BCUT2D eigenvalue weighted by Gasteiger charge is 2.05. The van der Waals surface area contributed by atoms with Gasteiger partial charge in [0.15, 0.2) is 0 Å². The van der Waals surface area contributed by atoms with Crippen LogP contribution in [-0.4, -0.2) is 10.1 Å². The highest BCUT2D eigenvalue weighted by atomic mass is 32.1. The van der Waals surface area contributed by atoms with Gasteiger partial charge in [-0.2, -0.15) is 0 Å². The van der Waals surface area contributed by atoms with Gasteiger partial charge in [0.05, 0.1) is 5.69 Å². The fraction of sp³-hybridized carbons (Fsp3) is 0. The third-order valence-corrected chi connectivity index (χ3v) is 3.58. The van der Waals surface area contributed by atoms with E-state index in [0.29, 0.717) is 0 Å². The van der Waals surface area contributed by atoms with Gasteiger partial charge in [-0.3, -0.25) is 0 Å². The van der Waals surface area contributed by atoms with Crippen molar-refractivity contribution in [3.63, 3.8) is 0 Å². The van der Waals surface area contributed by atoms with Gasteiger partial charge in [-0.05, 0) is 24.3 Å². The lowest BCUT2D eigenvalue weighted by Gasteiger charge is -1.97. The lowest BCUT2D eigenvalue weighted by atomic mass is 10.1. The molecule has 1 N–H and O–H groups in total. The average Bonchev–Trinajstić information content (AvgIpc) is 2.90. The molecule has 1 aromatic heterocycles. The lowest BCUT2D eigenvalue weighted by molar-refractivity contribution is 0.475. The van der Waals surface area contributed by atoms with Crippen molar-refractivity contribution in [2.24, 2.45) is 0 Å². The molecule has 0 amide bonds. The minimum absolute atomic E-state index is 0.275. The molecule has 88 valence electrons. The van der Waals surface area contributed by atoms with Gasteiger partial charge in [0.25, 0.3) is 0 Å². The fourth-order valence-corrected chi connectivity index (χ4v) is 2.59. The van der Waals surface area contributed by atoms with E-state index >= 15 is 0 Å². The van der Waals surface area contributed by atoms with Crippen LogP contribution in [0.1, 0.15) is 0 Å². The molecule has 3 heteroatoms. The summed E-state index contributed by atoms with van der Waals surface area (Å²) < 4.78 is 0. The lowest BCUT2D eigenvalue weighted by Crippen LogP contribution is -1.78. The number of aromatic hydroxyl groups is 1. The molecule has 0 unspecified atom stereocenters. The second-order valence-corrected chi connectivity index (χ2v) is 4.81.